The molecule has 122 valence electrons. The number of benzene rings is 2. The molecular formula is C19H23NO3. The molecule has 4 nitrogen and oxygen atoms in total. The normalized spacial score (nSPS) is 11.6. The predicted octanol–water partition coefficient (Wildman–Crippen LogP) is 3.51. The summed E-state index contributed by atoms with van der Waals surface area (Å²) in [6.07, 6.45) is 1.01. The van der Waals surface area contributed by atoms with Crippen LogP contribution >= 0.6 is 0 Å². The number of amides is 1. The highest BCUT2D eigenvalue weighted by molar-refractivity contribution is 5.78. The van der Waals surface area contributed by atoms with Crippen LogP contribution in [0.25, 0.3) is 0 Å². The van der Waals surface area contributed by atoms with Crippen LogP contribution in [0.2, 0.25) is 0 Å². The molecule has 23 heavy (non-hydrogen) atoms. The van der Waals surface area contributed by atoms with Gasteiger partial charge in [0.1, 0.15) is 0 Å². The summed E-state index contributed by atoms with van der Waals surface area (Å²) in [7, 11) is 1.57. The van der Waals surface area contributed by atoms with Gasteiger partial charge in [-0.2, -0.15) is 0 Å². The van der Waals surface area contributed by atoms with Crippen molar-refractivity contribution in [1.82, 2.24) is 5.32 Å². The molecule has 2 aromatic rings. The van der Waals surface area contributed by atoms with Crippen LogP contribution in [0.5, 0.6) is 11.5 Å². The molecule has 0 heterocycles. The van der Waals surface area contributed by atoms with E-state index in [2.05, 4.69) is 24.4 Å². The van der Waals surface area contributed by atoms with E-state index < -0.39 is 0 Å². The number of aryl methyl sites for hydroxylation is 1. The summed E-state index contributed by atoms with van der Waals surface area (Å²) >= 11 is 0. The minimum atomic E-state index is -0.164. The second-order valence-electron chi connectivity index (χ2n) is 5.32. The van der Waals surface area contributed by atoms with Crippen molar-refractivity contribution < 1.29 is 14.3 Å². The summed E-state index contributed by atoms with van der Waals surface area (Å²) in [5.41, 5.74) is 2.36. The first-order chi connectivity index (χ1) is 11.1. The molecule has 1 N–H and O–H groups in total. The molecular weight excluding hydrogens is 290 g/mol. The average molecular weight is 313 g/mol. The Labute approximate surface area is 137 Å². The number of carbonyl (C=O) groups excluding carboxylic acids is 1. The monoisotopic (exact) mass is 313 g/mol. The van der Waals surface area contributed by atoms with Crippen molar-refractivity contribution in [2.45, 2.75) is 26.3 Å². The van der Waals surface area contributed by atoms with Gasteiger partial charge in [-0.3, -0.25) is 4.79 Å². The second-order valence-corrected chi connectivity index (χ2v) is 5.32. The lowest BCUT2D eigenvalue weighted by Gasteiger charge is -2.16. The molecule has 0 aliphatic carbocycles. The van der Waals surface area contributed by atoms with E-state index in [4.69, 9.17) is 9.47 Å². The molecule has 0 aliphatic heterocycles. The summed E-state index contributed by atoms with van der Waals surface area (Å²) in [5.74, 6) is 1.01. The quantitative estimate of drug-likeness (QED) is 0.851. The lowest BCUT2D eigenvalue weighted by Crippen LogP contribution is -2.31. The van der Waals surface area contributed by atoms with E-state index in [1.165, 1.54) is 5.56 Å². The first kappa shape index (κ1) is 16.9. The minimum absolute atomic E-state index is 0.0439. The Morgan fingerprint density at radius 3 is 2.35 bits per heavy atom. The Hall–Kier alpha value is -2.49. The Morgan fingerprint density at radius 2 is 1.74 bits per heavy atom. The zero-order chi connectivity index (χ0) is 16.7. The van der Waals surface area contributed by atoms with Crippen molar-refractivity contribution >= 4 is 5.91 Å². The van der Waals surface area contributed by atoms with Crippen molar-refractivity contribution in [2.75, 3.05) is 13.7 Å². The predicted molar refractivity (Wildman–Crippen MR) is 90.9 cm³/mol. The maximum absolute atomic E-state index is 12.0. The second kappa shape index (κ2) is 8.22. The van der Waals surface area contributed by atoms with Gasteiger partial charge >= 0.3 is 0 Å². The fourth-order valence-electron chi connectivity index (χ4n) is 2.29. The van der Waals surface area contributed by atoms with Gasteiger partial charge in [-0.15, -0.1) is 0 Å². The molecule has 0 fully saturated rings. The van der Waals surface area contributed by atoms with Crippen molar-refractivity contribution in [2.24, 2.45) is 0 Å². The number of hydrogen-bond donors (Lipinski definition) is 1. The van der Waals surface area contributed by atoms with Gasteiger partial charge < -0.3 is 14.8 Å². The van der Waals surface area contributed by atoms with Gasteiger partial charge in [-0.1, -0.05) is 43.3 Å². The van der Waals surface area contributed by atoms with Crippen molar-refractivity contribution in [1.29, 1.82) is 0 Å². The van der Waals surface area contributed by atoms with E-state index in [0.717, 1.165) is 12.0 Å². The maximum atomic E-state index is 12.0. The highest BCUT2D eigenvalue weighted by atomic mass is 16.5. The minimum Gasteiger partial charge on any atom is -0.493 e. The number of carbonyl (C=O) groups is 1. The topological polar surface area (TPSA) is 47.6 Å². The number of hydrogen-bond acceptors (Lipinski definition) is 3. The molecule has 4 heteroatoms. The number of methoxy groups -OCH3 is 1. The summed E-state index contributed by atoms with van der Waals surface area (Å²) < 4.78 is 10.7. The van der Waals surface area contributed by atoms with Gasteiger partial charge in [-0.05, 0) is 36.6 Å². The number of para-hydroxylation sites is 2. The molecule has 0 aromatic heterocycles. The molecule has 0 spiro atoms. The summed E-state index contributed by atoms with van der Waals surface area (Å²) in [5, 5.41) is 2.94. The van der Waals surface area contributed by atoms with E-state index >= 15 is 0 Å². The largest absolute Gasteiger partial charge is 0.493 e. The number of nitrogens with one attached hydrogen (secondary N) is 1. The molecule has 0 bridgehead atoms. The van der Waals surface area contributed by atoms with Gasteiger partial charge in [-0.25, -0.2) is 0 Å². The zero-order valence-electron chi connectivity index (χ0n) is 13.8. The standard InChI is InChI=1S/C19H23NO3/c1-4-15-9-11-16(12-10-15)14(2)20-19(21)13-23-18-8-6-5-7-17(18)22-3/h5-12,14H,4,13H2,1-3H3,(H,20,21)/t14-/m0/s1. The third kappa shape index (κ3) is 4.74. The number of ether oxygens (including phenoxy) is 2. The fourth-order valence-corrected chi connectivity index (χ4v) is 2.29. The SMILES string of the molecule is CCc1ccc([C@H](C)NC(=O)COc2ccccc2OC)cc1. The Kier molecular flexibility index (Phi) is 6.03. The number of rotatable bonds is 7. The van der Waals surface area contributed by atoms with Crippen LogP contribution < -0.4 is 14.8 Å². The van der Waals surface area contributed by atoms with Crippen LogP contribution in [0.1, 0.15) is 31.0 Å². The Bertz CT molecular complexity index is 637. The summed E-state index contributed by atoms with van der Waals surface area (Å²) in [4.78, 5) is 12.0. The maximum Gasteiger partial charge on any atom is 0.258 e. The average Bonchev–Trinajstić information content (AvgIpc) is 2.60. The Balaban J connectivity index is 1.88. The van der Waals surface area contributed by atoms with Gasteiger partial charge in [0.2, 0.25) is 0 Å². The van der Waals surface area contributed by atoms with Gasteiger partial charge in [0.25, 0.3) is 5.91 Å². The first-order valence-electron chi connectivity index (χ1n) is 7.78. The lowest BCUT2D eigenvalue weighted by atomic mass is 10.1. The summed E-state index contributed by atoms with van der Waals surface area (Å²) in [6, 6.07) is 15.5. The van der Waals surface area contributed by atoms with Gasteiger partial charge in [0, 0.05) is 0 Å². The molecule has 1 amide bonds. The van der Waals surface area contributed by atoms with Gasteiger partial charge in [0.15, 0.2) is 18.1 Å². The van der Waals surface area contributed by atoms with E-state index in [-0.39, 0.29) is 18.6 Å². The molecule has 0 saturated carbocycles. The van der Waals surface area contributed by atoms with E-state index in [0.29, 0.717) is 11.5 Å². The van der Waals surface area contributed by atoms with Crippen molar-refractivity contribution in [3.05, 3.63) is 59.7 Å². The molecule has 1 atom stereocenters. The zero-order valence-corrected chi connectivity index (χ0v) is 13.8. The molecule has 0 aliphatic rings. The third-order valence-electron chi connectivity index (χ3n) is 3.69. The molecule has 0 saturated heterocycles. The van der Waals surface area contributed by atoms with Crippen LogP contribution in [0, 0.1) is 0 Å². The van der Waals surface area contributed by atoms with E-state index in [1.54, 1.807) is 19.2 Å². The fraction of sp³-hybridized carbons (Fsp3) is 0.316. The molecule has 2 aromatic carbocycles. The first-order valence-corrected chi connectivity index (χ1v) is 7.78. The van der Waals surface area contributed by atoms with E-state index in [1.807, 2.05) is 31.2 Å². The molecule has 2 rings (SSSR count). The van der Waals surface area contributed by atoms with Crippen LogP contribution in [0.4, 0.5) is 0 Å². The lowest BCUT2D eigenvalue weighted by molar-refractivity contribution is -0.123. The molecule has 0 radical (unpaired) electrons. The Morgan fingerprint density at radius 1 is 1.09 bits per heavy atom. The van der Waals surface area contributed by atoms with Gasteiger partial charge in [0.05, 0.1) is 13.2 Å². The van der Waals surface area contributed by atoms with Crippen LogP contribution in [-0.4, -0.2) is 19.6 Å². The van der Waals surface area contributed by atoms with Crippen LogP contribution in [0.3, 0.4) is 0 Å². The highest BCUT2D eigenvalue weighted by Gasteiger charge is 2.11. The van der Waals surface area contributed by atoms with Crippen molar-refractivity contribution in [3.8, 4) is 11.5 Å². The van der Waals surface area contributed by atoms with Crippen molar-refractivity contribution in [3.63, 3.8) is 0 Å². The highest BCUT2D eigenvalue weighted by Crippen LogP contribution is 2.25. The smallest absolute Gasteiger partial charge is 0.258 e. The van der Waals surface area contributed by atoms with Crippen LogP contribution in [0.15, 0.2) is 48.5 Å². The third-order valence-corrected chi connectivity index (χ3v) is 3.69. The molecule has 0 unspecified atom stereocenters. The van der Waals surface area contributed by atoms with Crippen LogP contribution in [-0.2, 0) is 11.2 Å². The van der Waals surface area contributed by atoms with E-state index in [9.17, 15) is 4.79 Å². The summed E-state index contributed by atoms with van der Waals surface area (Å²) in [6.45, 7) is 4.04.